The molecule has 2 aromatic rings. The Labute approximate surface area is 232 Å². The highest BCUT2D eigenvalue weighted by molar-refractivity contribution is 7.98. The molecule has 0 radical (unpaired) electrons. The van der Waals surface area contributed by atoms with E-state index in [0.29, 0.717) is 12.2 Å². The molecule has 0 bridgehead atoms. The van der Waals surface area contributed by atoms with E-state index in [9.17, 15) is 24.3 Å². The third kappa shape index (κ3) is 9.25. The number of methoxy groups -OCH3 is 1. The van der Waals surface area contributed by atoms with Gasteiger partial charge in [0.25, 0.3) is 5.91 Å². The maximum Gasteiger partial charge on any atom is 0.328 e. The molecule has 0 fully saturated rings. The summed E-state index contributed by atoms with van der Waals surface area (Å²) in [5.74, 6) is -2.44. The Balaban J connectivity index is 2.26. The number of carbonyl (C=O) groups excluding carboxylic acids is 4. The van der Waals surface area contributed by atoms with Crippen LogP contribution in [0.3, 0.4) is 0 Å². The number of aromatic hydroxyl groups is 1. The Kier molecular flexibility index (Phi) is 12.4. The molecule has 3 atom stereocenters. The topological polar surface area (TPSA) is 134 Å². The van der Waals surface area contributed by atoms with Gasteiger partial charge in [0.05, 0.1) is 12.7 Å². The average Bonchev–Trinajstić information content (AvgIpc) is 2.90. The Hall–Kier alpha value is -3.24. The number of amides is 3. The Morgan fingerprint density at radius 3 is 2.24 bits per heavy atom. The average molecular weight is 564 g/mol. The van der Waals surface area contributed by atoms with Gasteiger partial charge in [0.2, 0.25) is 11.8 Å². The van der Waals surface area contributed by atoms with Crippen molar-refractivity contribution in [3.8, 4) is 5.75 Å². The minimum absolute atomic E-state index is 0.0794. The van der Waals surface area contributed by atoms with E-state index in [1.165, 1.54) is 37.1 Å². The van der Waals surface area contributed by atoms with E-state index in [-0.39, 0.29) is 28.7 Å². The van der Waals surface area contributed by atoms with Gasteiger partial charge in [0.1, 0.15) is 23.9 Å². The van der Waals surface area contributed by atoms with Crippen LogP contribution in [0, 0.1) is 5.92 Å². The number of hydrogen-bond acceptors (Lipinski definition) is 7. The van der Waals surface area contributed by atoms with Gasteiger partial charge in [-0.15, -0.1) is 0 Å². The number of ether oxygens (including phenoxy) is 1. The summed E-state index contributed by atoms with van der Waals surface area (Å²) in [6, 6.07) is 10.2. The molecule has 2 rings (SSSR count). The molecule has 0 saturated carbocycles. The molecule has 11 heteroatoms. The molecule has 206 valence electrons. The normalized spacial score (nSPS) is 13.2. The van der Waals surface area contributed by atoms with E-state index in [4.69, 9.17) is 16.3 Å². The van der Waals surface area contributed by atoms with E-state index < -0.39 is 41.8 Å². The van der Waals surface area contributed by atoms with Crippen LogP contribution in [0.25, 0.3) is 0 Å². The molecule has 0 aliphatic heterocycles. The van der Waals surface area contributed by atoms with E-state index in [0.717, 1.165) is 5.56 Å². The molecule has 3 amide bonds. The standard InChI is InChI=1S/C27H34ClN3O6S/c1-16(2)23(31-24(33)19-15-18(28)10-11-22(19)32)26(35)30-21(14-17-8-6-5-7-9-17)25(34)29-20(12-13-38-4)27(36)37-3/h5-11,15-16,20-21,23,32H,12-14H2,1-4H3,(H,29,34)(H,30,35)(H,31,33)/t20-,21-,23-/m0/s1. The highest BCUT2D eigenvalue weighted by atomic mass is 35.5. The van der Waals surface area contributed by atoms with Crippen molar-refractivity contribution in [3.63, 3.8) is 0 Å². The smallest absolute Gasteiger partial charge is 0.328 e. The molecule has 0 aliphatic carbocycles. The largest absolute Gasteiger partial charge is 0.507 e. The van der Waals surface area contributed by atoms with Gasteiger partial charge in [-0.1, -0.05) is 55.8 Å². The van der Waals surface area contributed by atoms with Gasteiger partial charge in [0.15, 0.2) is 0 Å². The summed E-state index contributed by atoms with van der Waals surface area (Å²) in [6.45, 7) is 3.48. The first-order valence-corrected chi connectivity index (χ1v) is 13.8. The maximum absolute atomic E-state index is 13.4. The number of thioether (sulfide) groups is 1. The molecular formula is C27H34ClN3O6S. The minimum atomic E-state index is -1.04. The highest BCUT2D eigenvalue weighted by Crippen LogP contribution is 2.22. The van der Waals surface area contributed by atoms with Gasteiger partial charge >= 0.3 is 5.97 Å². The number of rotatable bonds is 13. The van der Waals surface area contributed by atoms with Crippen LogP contribution in [0.5, 0.6) is 5.75 Å². The third-order valence-electron chi connectivity index (χ3n) is 5.77. The third-order valence-corrected chi connectivity index (χ3v) is 6.65. The van der Waals surface area contributed by atoms with Crippen LogP contribution in [0.2, 0.25) is 5.02 Å². The molecule has 0 unspecified atom stereocenters. The lowest BCUT2D eigenvalue weighted by molar-refractivity contribution is -0.145. The molecule has 2 aromatic carbocycles. The minimum Gasteiger partial charge on any atom is -0.507 e. The van der Waals surface area contributed by atoms with Crippen molar-refractivity contribution in [2.45, 2.75) is 44.8 Å². The van der Waals surface area contributed by atoms with Crippen LogP contribution in [0.1, 0.15) is 36.2 Å². The molecular weight excluding hydrogens is 530 g/mol. The number of carbonyl (C=O) groups is 4. The number of esters is 1. The molecule has 9 nitrogen and oxygen atoms in total. The van der Waals surface area contributed by atoms with Crippen molar-refractivity contribution in [2.24, 2.45) is 5.92 Å². The first-order valence-electron chi connectivity index (χ1n) is 12.1. The fourth-order valence-corrected chi connectivity index (χ4v) is 4.31. The van der Waals surface area contributed by atoms with Gasteiger partial charge in [-0.25, -0.2) is 4.79 Å². The predicted octanol–water partition coefficient (Wildman–Crippen LogP) is 2.94. The van der Waals surface area contributed by atoms with Crippen LogP contribution >= 0.6 is 23.4 Å². The summed E-state index contributed by atoms with van der Waals surface area (Å²) in [6.07, 6.45) is 2.40. The molecule has 0 aliphatic rings. The number of phenolic OH excluding ortho intramolecular Hbond substituents is 1. The second kappa shape index (κ2) is 15.2. The first kappa shape index (κ1) is 31.0. The van der Waals surface area contributed by atoms with E-state index in [1.807, 2.05) is 36.6 Å². The second-order valence-electron chi connectivity index (χ2n) is 8.97. The summed E-state index contributed by atoms with van der Waals surface area (Å²) in [5.41, 5.74) is 0.713. The number of nitrogens with one attached hydrogen (secondary N) is 3. The van der Waals surface area contributed by atoms with Gasteiger partial charge < -0.3 is 25.8 Å². The fourth-order valence-electron chi connectivity index (χ4n) is 3.66. The van der Waals surface area contributed by atoms with E-state index >= 15 is 0 Å². The van der Waals surface area contributed by atoms with Gasteiger partial charge in [-0.05, 0) is 48.1 Å². The second-order valence-corrected chi connectivity index (χ2v) is 10.4. The van der Waals surface area contributed by atoms with Crippen molar-refractivity contribution in [3.05, 3.63) is 64.7 Å². The Morgan fingerprint density at radius 1 is 0.974 bits per heavy atom. The van der Waals surface area contributed by atoms with Crippen molar-refractivity contribution < 1.29 is 29.0 Å². The fraction of sp³-hybridized carbons (Fsp3) is 0.407. The van der Waals surface area contributed by atoms with Crippen molar-refractivity contribution in [1.29, 1.82) is 0 Å². The van der Waals surface area contributed by atoms with Crippen LogP contribution in [-0.4, -0.2) is 66.0 Å². The van der Waals surface area contributed by atoms with Crippen molar-refractivity contribution in [2.75, 3.05) is 19.1 Å². The highest BCUT2D eigenvalue weighted by Gasteiger charge is 2.31. The molecule has 4 N–H and O–H groups in total. The summed E-state index contributed by atoms with van der Waals surface area (Å²) >= 11 is 7.48. The molecule has 38 heavy (non-hydrogen) atoms. The Morgan fingerprint density at radius 2 is 1.63 bits per heavy atom. The zero-order chi connectivity index (χ0) is 28.2. The number of benzene rings is 2. The Bertz CT molecular complexity index is 1120. The number of halogens is 1. The van der Waals surface area contributed by atoms with Crippen molar-refractivity contribution >= 4 is 47.1 Å². The monoisotopic (exact) mass is 563 g/mol. The number of hydrogen-bond donors (Lipinski definition) is 4. The zero-order valence-electron chi connectivity index (χ0n) is 21.8. The van der Waals surface area contributed by atoms with Gasteiger partial charge in [-0.3, -0.25) is 14.4 Å². The summed E-state index contributed by atoms with van der Waals surface area (Å²) in [5, 5.41) is 18.4. The lowest BCUT2D eigenvalue weighted by Crippen LogP contribution is -2.57. The molecule has 0 aromatic heterocycles. The van der Waals surface area contributed by atoms with Crippen LogP contribution in [0.4, 0.5) is 0 Å². The number of phenols is 1. The maximum atomic E-state index is 13.4. The summed E-state index contributed by atoms with van der Waals surface area (Å²) < 4.78 is 4.84. The van der Waals surface area contributed by atoms with Gasteiger partial charge in [-0.2, -0.15) is 11.8 Å². The van der Waals surface area contributed by atoms with Crippen LogP contribution < -0.4 is 16.0 Å². The molecule has 0 heterocycles. The molecule has 0 spiro atoms. The SMILES string of the molecule is COC(=O)[C@H](CCSC)NC(=O)[C@H](Cc1ccccc1)NC(=O)[C@@H](NC(=O)c1cc(Cl)ccc1O)C(C)C. The quantitative estimate of drug-likeness (QED) is 0.275. The summed E-state index contributed by atoms with van der Waals surface area (Å²) in [4.78, 5) is 51.8. The summed E-state index contributed by atoms with van der Waals surface area (Å²) in [7, 11) is 1.25. The van der Waals surface area contributed by atoms with E-state index in [2.05, 4.69) is 16.0 Å². The van der Waals surface area contributed by atoms with E-state index in [1.54, 1.807) is 13.8 Å². The zero-order valence-corrected chi connectivity index (χ0v) is 23.4. The van der Waals surface area contributed by atoms with Crippen LogP contribution in [-0.2, 0) is 25.5 Å². The van der Waals surface area contributed by atoms with Crippen molar-refractivity contribution in [1.82, 2.24) is 16.0 Å². The van der Waals surface area contributed by atoms with Crippen LogP contribution in [0.15, 0.2) is 48.5 Å². The lowest BCUT2D eigenvalue weighted by Gasteiger charge is -2.26. The first-order chi connectivity index (χ1) is 18.1. The molecule has 0 saturated heterocycles. The predicted molar refractivity (Wildman–Crippen MR) is 148 cm³/mol. The lowest BCUT2D eigenvalue weighted by atomic mass is 10.00. The van der Waals surface area contributed by atoms with Gasteiger partial charge in [0, 0.05) is 11.4 Å².